The van der Waals surface area contributed by atoms with Crippen LogP contribution in [0.1, 0.15) is 36.4 Å². The van der Waals surface area contributed by atoms with E-state index in [0.717, 1.165) is 33.6 Å². The summed E-state index contributed by atoms with van der Waals surface area (Å²) < 4.78 is 5.29. The molecule has 2 aromatic heterocycles. The van der Waals surface area contributed by atoms with Crippen molar-refractivity contribution in [2.75, 3.05) is 11.9 Å². The summed E-state index contributed by atoms with van der Waals surface area (Å²) in [5.41, 5.74) is 4.49. The van der Waals surface area contributed by atoms with Crippen LogP contribution >= 0.6 is 0 Å². The van der Waals surface area contributed by atoms with Crippen molar-refractivity contribution >= 4 is 17.4 Å². The fourth-order valence-electron chi connectivity index (χ4n) is 3.76. The molecule has 31 heavy (non-hydrogen) atoms. The Kier molecular flexibility index (Phi) is 5.27. The van der Waals surface area contributed by atoms with Crippen LogP contribution in [0.15, 0.2) is 42.9 Å². The van der Waals surface area contributed by atoms with Crippen LogP contribution in [0.25, 0.3) is 11.1 Å². The molecule has 0 saturated carbocycles. The molecular formula is C24H24N4O3. The second-order valence-corrected chi connectivity index (χ2v) is 8.31. The lowest BCUT2D eigenvalue weighted by Gasteiger charge is -2.26. The number of anilines is 1. The lowest BCUT2D eigenvalue weighted by atomic mass is 9.76. The second-order valence-electron chi connectivity index (χ2n) is 8.31. The van der Waals surface area contributed by atoms with Crippen LogP contribution in [-0.2, 0) is 21.4 Å². The van der Waals surface area contributed by atoms with Crippen molar-refractivity contribution in [1.82, 2.24) is 15.0 Å². The van der Waals surface area contributed by atoms with Crippen molar-refractivity contribution in [3.63, 3.8) is 0 Å². The van der Waals surface area contributed by atoms with Gasteiger partial charge < -0.3 is 10.1 Å². The third kappa shape index (κ3) is 4.17. The van der Waals surface area contributed by atoms with Crippen molar-refractivity contribution < 1.29 is 14.3 Å². The summed E-state index contributed by atoms with van der Waals surface area (Å²) in [6.07, 6.45) is 5.44. The maximum atomic E-state index is 13.2. The highest BCUT2D eigenvalue weighted by Crippen LogP contribution is 2.32. The third-order valence-corrected chi connectivity index (χ3v) is 5.60. The van der Waals surface area contributed by atoms with Gasteiger partial charge in [-0.3, -0.25) is 9.59 Å². The van der Waals surface area contributed by atoms with Crippen LogP contribution in [0, 0.1) is 13.8 Å². The van der Waals surface area contributed by atoms with Crippen molar-refractivity contribution in [3.05, 3.63) is 65.4 Å². The third-order valence-electron chi connectivity index (χ3n) is 5.60. The summed E-state index contributed by atoms with van der Waals surface area (Å²) in [5.74, 6) is 0.938. The number of hydrogen-bond acceptors (Lipinski definition) is 6. The number of benzene rings is 1. The molecule has 7 nitrogen and oxygen atoms in total. The summed E-state index contributed by atoms with van der Waals surface area (Å²) in [7, 11) is 0. The summed E-state index contributed by atoms with van der Waals surface area (Å²) in [5, 5.41) is 2.73. The molecule has 4 rings (SSSR count). The van der Waals surface area contributed by atoms with Crippen molar-refractivity contribution in [1.29, 1.82) is 0 Å². The number of ketones is 1. The van der Waals surface area contributed by atoms with Gasteiger partial charge in [-0.05, 0) is 56.0 Å². The van der Waals surface area contributed by atoms with E-state index in [1.807, 2.05) is 39.8 Å². The second kappa shape index (κ2) is 7.91. The molecule has 0 saturated heterocycles. The number of nitrogens with zero attached hydrogens (tertiary/aromatic N) is 3. The maximum absolute atomic E-state index is 13.2. The van der Waals surface area contributed by atoms with Crippen molar-refractivity contribution in [2.24, 2.45) is 0 Å². The zero-order chi connectivity index (χ0) is 22.2. The van der Waals surface area contributed by atoms with Gasteiger partial charge in [0.1, 0.15) is 17.3 Å². The number of ether oxygens (including phenoxy) is 1. The van der Waals surface area contributed by atoms with Crippen LogP contribution in [0.2, 0.25) is 0 Å². The molecule has 158 valence electrons. The minimum atomic E-state index is -0.692. The minimum absolute atomic E-state index is 0.0463. The first-order valence-electron chi connectivity index (χ1n) is 10.1. The van der Waals surface area contributed by atoms with Gasteiger partial charge in [0.2, 0.25) is 5.88 Å². The average Bonchev–Trinajstić information content (AvgIpc) is 2.73. The van der Waals surface area contributed by atoms with Crippen LogP contribution < -0.4 is 10.1 Å². The number of pyridine rings is 1. The number of rotatable bonds is 5. The number of Topliss-reactive ketones (excluding diaryl/α,β-unsaturated/α-hetero) is 1. The normalized spacial score (nSPS) is 13.2. The van der Waals surface area contributed by atoms with Crippen LogP contribution in [0.5, 0.6) is 5.88 Å². The van der Waals surface area contributed by atoms with Gasteiger partial charge in [-0.15, -0.1) is 0 Å². The molecule has 7 heteroatoms. The van der Waals surface area contributed by atoms with E-state index in [4.69, 9.17) is 4.74 Å². The molecule has 0 atom stereocenters. The Balaban J connectivity index is 1.56. The molecule has 1 amide bonds. The van der Waals surface area contributed by atoms with Gasteiger partial charge in [0, 0.05) is 36.0 Å². The molecule has 0 spiro atoms. The zero-order valence-electron chi connectivity index (χ0n) is 18.0. The quantitative estimate of drug-likeness (QED) is 0.683. The standard InChI is InChI=1S/C24H24N4O3/c1-14-7-17(18-11-25-15(2)26-12-18)5-6-19(14)24(3,4)21(29)9-16-8-20-23(27-10-16)31-13-22(30)28-20/h5-8,10-12H,9,13H2,1-4H3,(H,28,30). The van der Waals surface area contributed by atoms with Crippen LogP contribution in [0.3, 0.4) is 0 Å². The van der Waals surface area contributed by atoms with E-state index in [1.54, 1.807) is 24.7 Å². The highest BCUT2D eigenvalue weighted by Gasteiger charge is 2.31. The molecule has 0 unspecified atom stereocenters. The maximum Gasteiger partial charge on any atom is 0.262 e. The average molecular weight is 416 g/mol. The van der Waals surface area contributed by atoms with Gasteiger partial charge in [-0.1, -0.05) is 18.2 Å². The first-order valence-corrected chi connectivity index (χ1v) is 10.1. The summed E-state index contributed by atoms with van der Waals surface area (Å²) in [4.78, 5) is 37.5. The fourth-order valence-corrected chi connectivity index (χ4v) is 3.76. The van der Waals surface area contributed by atoms with E-state index in [-0.39, 0.29) is 24.7 Å². The van der Waals surface area contributed by atoms with Gasteiger partial charge in [0.15, 0.2) is 6.61 Å². The molecule has 0 radical (unpaired) electrons. The molecule has 1 aromatic carbocycles. The first-order chi connectivity index (χ1) is 14.7. The summed E-state index contributed by atoms with van der Waals surface area (Å²) >= 11 is 0. The Morgan fingerprint density at radius 3 is 2.52 bits per heavy atom. The van der Waals surface area contributed by atoms with E-state index in [2.05, 4.69) is 26.3 Å². The summed E-state index contributed by atoms with van der Waals surface area (Å²) in [6.45, 7) is 7.68. The monoisotopic (exact) mass is 416 g/mol. The van der Waals surface area contributed by atoms with Crippen LogP contribution in [0.4, 0.5) is 5.69 Å². The number of aromatic nitrogens is 3. The number of aryl methyl sites for hydroxylation is 2. The van der Waals surface area contributed by atoms with Crippen molar-refractivity contribution in [3.8, 4) is 17.0 Å². The number of carbonyl (C=O) groups is 2. The predicted octanol–water partition coefficient (Wildman–Crippen LogP) is 3.58. The Bertz CT molecular complexity index is 1170. The molecule has 1 aliphatic heterocycles. The minimum Gasteiger partial charge on any atom is -0.466 e. The van der Waals surface area contributed by atoms with Gasteiger partial charge in [0.25, 0.3) is 5.91 Å². The van der Waals surface area contributed by atoms with Gasteiger partial charge in [-0.25, -0.2) is 15.0 Å². The van der Waals surface area contributed by atoms with Gasteiger partial charge in [-0.2, -0.15) is 0 Å². The highest BCUT2D eigenvalue weighted by molar-refractivity contribution is 5.95. The fraction of sp³-hybridized carbons (Fsp3) is 0.292. The van der Waals surface area contributed by atoms with E-state index in [0.29, 0.717) is 11.6 Å². The highest BCUT2D eigenvalue weighted by atomic mass is 16.5. The molecule has 1 aliphatic rings. The number of hydrogen-bond donors (Lipinski definition) is 1. The Morgan fingerprint density at radius 2 is 1.81 bits per heavy atom. The predicted molar refractivity (Wildman–Crippen MR) is 117 cm³/mol. The Labute approximate surface area is 180 Å². The Hall–Kier alpha value is -3.61. The van der Waals surface area contributed by atoms with E-state index >= 15 is 0 Å². The van der Waals surface area contributed by atoms with Gasteiger partial charge >= 0.3 is 0 Å². The topological polar surface area (TPSA) is 94.1 Å². The van der Waals surface area contributed by atoms with Crippen LogP contribution in [-0.4, -0.2) is 33.2 Å². The zero-order valence-corrected chi connectivity index (χ0v) is 18.0. The molecule has 0 bridgehead atoms. The number of fused-ring (bicyclic) bond motifs is 1. The number of nitrogens with one attached hydrogen (secondary N) is 1. The van der Waals surface area contributed by atoms with E-state index in [9.17, 15) is 9.59 Å². The lowest BCUT2D eigenvalue weighted by Crippen LogP contribution is -2.31. The largest absolute Gasteiger partial charge is 0.466 e. The van der Waals surface area contributed by atoms with E-state index < -0.39 is 5.41 Å². The Morgan fingerprint density at radius 1 is 1.06 bits per heavy atom. The molecule has 3 aromatic rings. The van der Waals surface area contributed by atoms with Crippen molar-refractivity contribution in [2.45, 2.75) is 39.5 Å². The number of amides is 1. The smallest absolute Gasteiger partial charge is 0.262 e. The van der Waals surface area contributed by atoms with E-state index in [1.165, 1.54) is 0 Å². The molecular weight excluding hydrogens is 392 g/mol. The molecule has 0 fully saturated rings. The molecule has 3 heterocycles. The molecule has 0 aliphatic carbocycles. The van der Waals surface area contributed by atoms with Gasteiger partial charge in [0.05, 0.1) is 0 Å². The molecule has 1 N–H and O–H groups in total. The summed E-state index contributed by atoms with van der Waals surface area (Å²) in [6, 6.07) is 7.81. The number of carbonyl (C=O) groups excluding carboxylic acids is 2. The first kappa shape index (κ1) is 20.7. The lowest BCUT2D eigenvalue weighted by molar-refractivity contribution is -0.122. The SMILES string of the molecule is Cc1ncc(-c2ccc(C(C)(C)C(=O)Cc3cnc4c(c3)NC(=O)CO4)c(C)c2)cn1.